The number of carbonyl (C=O) groups excluding carboxylic acids is 2. The molecule has 1 aromatic heterocycles. The first-order valence-electron chi connectivity index (χ1n) is 8.27. The SMILES string of the molecule is CCOC(=O)c1sc2cccc(F)c2c1CCc1ccc(C(N)=O)cc1. The molecule has 0 aliphatic heterocycles. The molecule has 26 heavy (non-hydrogen) atoms. The zero-order chi connectivity index (χ0) is 18.7. The molecule has 3 rings (SSSR count). The van der Waals surface area contributed by atoms with Crippen molar-refractivity contribution in [1.82, 2.24) is 0 Å². The third-order valence-corrected chi connectivity index (χ3v) is 5.30. The number of fused-ring (bicyclic) bond motifs is 1. The predicted octanol–water partition coefficient (Wildman–Crippen LogP) is 4.10. The number of hydrogen-bond donors (Lipinski definition) is 1. The van der Waals surface area contributed by atoms with Crippen LogP contribution >= 0.6 is 11.3 Å². The lowest BCUT2D eigenvalue weighted by Crippen LogP contribution is -2.10. The van der Waals surface area contributed by atoms with Gasteiger partial charge in [0.25, 0.3) is 0 Å². The number of amides is 1. The topological polar surface area (TPSA) is 69.4 Å². The van der Waals surface area contributed by atoms with Crippen LogP contribution in [0.4, 0.5) is 4.39 Å². The van der Waals surface area contributed by atoms with E-state index in [1.54, 1.807) is 31.2 Å². The number of nitrogens with two attached hydrogens (primary N) is 1. The van der Waals surface area contributed by atoms with Gasteiger partial charge in [0, 0.05) is 15.6 Å². The van der Waals surface area contributed by atoms with Crippen LogP contribution < -0.4 is 5.73 Å². The summed E-state index contributed by atoms with van der Waals surface area (Å²) in [5, 5.41) is 0.481. The van der Waals surface area contributed by atoms with Crippen molar-refractivity contribution in [2.45, 2.75) is 19.8 Å². The number of primary amides is 1. The maximum absolute atomic E-state index is 14.4. The summed E-state index contributed by atoms with van der Waals surface area (Å²) < 4.78 is 20.2. The normalized spacial score (nSPS) is 10.8. The average molecular weight is 371 g/mol. The van der Waals surface area contributed by atoms with Gasteiger partial charge in [0.05, 0.1) is 6.61 Å². The number of aryl methyl sites for hydroxylation is 2. The highest BCUT2D eigenvalue weighted by Gasteiger charge is 2.21. The van der Waals surface area contributed by atoms with Crippen LogP contribution in [0.2, 0.25) is 0 Å². The third kappa shape index (κ3) is 3.60. The van der Waals surface area contributed by atoms with Crippen LogP contribution in [-0.4, -0.2) is 18.5 Å². The van der Waals surface area contributed by atoms with Gasteiger partial charge in [0.2, 0.25) is 5.91 Å². The second kappa shape index (κ2) is 7.66. The second-order valence-corrected chi connectivity index (χ2v) is 6.86. The van der Waals surface area contributed by atoms with Gasteiger partial charge < -0.3 is 10.5 Å². The van der Waals surface area contributed by atoms with E-state index in [0.717, 1.165) is 10.3 Å². The highest BCUT2D eigenvalue weighted by molar-refractivity contribution is 7.21. The molecule has 0 fully saturated rings. The van der Waals surface area contributed by atoms with Crippen LogP contribution in [0.3, 0.4) is 0 Å². The van der Waals surface area contributed by atoms with Crippen molar-refractivity contribution in [3.8, 4) is 0 Å². The summed E-state index contributed by atoms with van der Waals surface area (Å²) in [5.41, 5.74) is 7.32. The van der Waals surface area contributed by atoms with Gasteiger partial charge in [-0.3, -0.25) is 4.79 Å². The highest BCUT2D eigenvalue weighted by Crippen LogP contribution is 2.34. The predicted molar refractivity (Wildman–Crippen MR) is 100 cm³/mol. The standard InChI is InChI=1S/C20H18FNO3S/c1-2-25-20(24)18-14(17-15(21)4-3-5-16(17)26-18)11-8-12-6-9-13(10-7-12)19(22)23/h3-7,9-10H,2,8,11H2,1H3,(H2,22,23). The van der Waals surface area contributed by atoms with Crippen LogP contribution in [0.15, 0.2) is 42.5 Å². The Balaban J connectivity index is 1.93. The van der Waals surface area contributed by atoms with E-state index in [0.29, 0.717) is 34.2 Å². The molecule has 0 aliphatic carbocycles. The Bertz CT molecular complexity index is 963. The first kappa shape index (κ1) is 18.1. The number of thiophene rings is 1. The minimum atomic E-state index is -0.480. The molecule has 0 radical (unpaired) electrons. The summed E-state index contributed by atoms with van der Waals surface area (Å²) in [7, 11) is 0. The molecule has 1 amide bonds. The summed E-state index contributed by atoms with van der Waals surface area (Å²) in [5.74, 6) is -1.24. The van der Waals surface area contributed by atoms with Gasteiger partial charge in [0.1, 0.15) is 10.7 Å². The van der Waals surface area contributed by atoms with E-state index in [2.05, 4.69) is 0 Å². The molecular formula is C20H18FNO3S. The molecule has 0 unspecified atom stereocenters. The van der Waals surface area contributed by atoms with Crippen molar-refractivity contribution in [3.63, 3.8) is 0 Å². The van der Waals surface area contributed by atoms with E-state index in [-0.39, 0.29) is 12.4 Å². The minimum absolute atomic E-state index is 0.267. The molecule has 6 heteroatoms. The quantitative estimate of drug-likeness (QED) is 0.663. The van der Waals surface area contributed by atoms with Gasteiger partial charge in [0.15, 0.2) is 0 Å². The Hall–Kier alpha value is -2.73. The van der Waals surface area contributed by atoms with E-state index < -0.39 is 11.9 Å². The smallest absolute Gasteiger partial charge is 0.348 e. The fourth-order valence-electron chi connectivity index (χ4n) is 2.87. The van der Waals surface area contributed by atoms with E-state index >= 15 is 0 Å². The monoisotopic (exact) mass is 371 g/mol. The largest absolute Gasteiger partial charge is 0.462 e. The first-order chi connectivity index (χ1) is 12.5. The van der Waals surface area contributed by atoms with Crippen LogP contribution in [0.5, 0.6) is 0 Å². The number of ether oxygens (including phenoxy) is 1. The van der Waals surface area contributed by atoms with Gasteiger partial charge in [-0.15, -0.1) is 11.3 Å². The number of benzene rings is 2. The maximum atomic E-state index is 14.4. The van der Waals surface area contributed by atoms with E-state index in [1.807, 2.05) is 12.1 Å². The number of carbonyl (C=O) groups is 2. The summed E-state index contributed by atoms with van der Waals surface area (Å²) in [6.07, 6.45) is 1.09. The number of rotatable bonds is 6. The molecule has 0 saturated heterocycles. The number of hydrogen-bond acceptors (Lipinski definition) is 4. The van der Waals surface area contributed by atoms with Crippen molar-refractivity contribution in [2.75, 3.05) is 6.61 Å². The summed E-state index contributed by atoms with van der Waals surface area (Å²) in [4.78, 5) is 23.9. The second-order valence-electron chi connectivity index (χ2n) is 5.80. The molecular weight excluding hydrogens is 353 g/mol. The average Bonchev–Trinajstić information content (AvgIpc) is 3.00. The molecule has 0 aliphatic rings. The summed E-state index contributed by atoms with van der Waals surface area (Å²) in [6.45, 7) is 2.01. The molecule has 2 N–H and O–H groups in total. The Morgan fingerprint density at radius 3 is 2.50 bits per heavy atom. The fraction of sp³-hybridized carbons (Fsp3) is 0.200. The first-order valence-corrected chi connectivity index (χ1v) is 9.08. The lowest BCUT2D eigenvalue weighted by atomic mass is 10.0. The summed E-state index contributed by atoms with van der Waals surface area (Å²) >= 11 is 1.25. The van der Waals surface area contributed by atoms with E-state index in [4.69, 9.17) is 10.5 Å². The van der Waals surface area contributed by atoms with Crippen LogP contribution in [0.25, 0.3) is 10.1 Å². The van der Waals surface area contributed by atoms with E-state index in [1.165, 1.54) is 17.4 Å². The molecule has 3 aromatic rings. The molecule has 134 valence electrons. The number of esters is 1. The van der Waals surface area contributed by atoms with Gasteiger partial charge in [-0.2, -0.15) is 0 Å². The summed E-state index contributed by atoms with van der Waals surface area (Å²) in [6, 6.07) is 11.8. The van der Waals surface area contributed by atoms with Crippen LogP contribution in [0, 0.1) is 5.82 Å². The number of halogens is 1. The van der Waals surface area contributed by atoms with Gasteiger partial charge in [-0.1, -0.05) is 18.2 Å². The molecule has 0 atom stereocenters. The lowest BCUT2D eigenvalue weighted by molar-refractivity contribution is 0.0531. The Labute approximate surface area is 154 Å². The van der Waals surface area contributed by atoms with Crippen molar-refractivity contribution >= 4 is 33.3 Å². The highest BCUT2D eigenvalue weighted by atomic mass is 32.1. The van der Waals surface area contributed by atoms with Crippen LogP contribution in [0.1, 0.15) is 38.1 Å². The van der Waals surface area contributed by atoms with Crippen LogP contribution in [-0.2, 0) is 17.6 Å². The molecule has 4 nitrogen and oxygen atoms in total. The van der Waals surface area contributed by atoms with Gasteiger partial charge >= 0.3 is 5.97 Å². The van der Waals surface area contributed by atoms with Crippen molar-refractivity contribution in [1.29, 1.82) is 0 Å². The Morgan fingerprint density at radius 1 is 1.12 bits per heavy atom. The Kier molecular flexibility index (Phi) is 5.32. The van der Waals surface area contributed by atoms with E-state index in [9.17, 15) is 14.0 Å². The zero-order valence-electron chi connectivity index (χ0n) is 14.3. The molecule has 1 heterocycles. The Morgan fingerprint density at radius 2 is 1.85 bits per heavy atom. The van der Waals surface area contributed by atoms with Gasteiger partial charge in [-0.25, -0.2) is 9.18 Å². The van der Waals surface area contributed by atoms with Crippen molar-refractivity contribution in [3.05, 3.63) is 69.8 Å². The minimum Gasteiger partial charge on any atom is -0.462 e. The molecule has 0 saturated carbocycles. The van der Waals surface area contributed by atoms with Gasteiger partial charge in [-0.05, 0) is 55.2 Å². The molecule has 0 bridgehead atoms. The third-order valence-electron chi connectivity index (χ3n) is 4.13. The fourth-order valence-corrected chi connectivity index (χ4v) is 4.03. The molecule has 0 spiro atoms. The van der Waals surface area contributed by atoms with Crippen molar-refractivity contribution < 1.29 is 18.7 Å². The van der Waals surface area contributed by atoms with Crippen molar-refractivity contribution in [2.24, 2.45) is 5.73 Å². The lowest BCUT2D eigenvalue weighted by Gasteiger charge is -2.06. The maximum Gasteiger partial charge on any atom is 0.348 e. The molecule has 2 aromatic carbocycles. The zero-order valence-corrected chi connectivity index (χ0v) is 15.1.